The molecule has 2 aromatic carbocycles. The second-order valence-electron chi connectivity index (χ2n) is 6.51. The summed E-state index contributed by atoms with van der Waals surface area (Å²) in [5, 5.41) is 3.63. The van der Waals surface area contributed by atoms with Crippen molar-refractivity contribution in [3.63, 3.8) is 0 Å². The van der Waals surface area contributed by atoms with Crippen molar-refractivity contribution in [2.45, 2.75) is 6.92 Å². The smallest absolute Gasteiger partial charge is 0.255 e. The number of hydrogen-bond donors (Lipinski definition) is 1. The van der Waals surface area contributed by atoms with Crippen LogP contribution in [-0.4, -0.2) is 23.8 Å². The Kier molecular flexibility index (Phi) is 4.83. The van der Waals surface area contributed by atoms with Gasteiger partial charge < -0.3 is 14.5 Å². The molecule has 0 saturated heterocycles. The molecule has 2 heterocycles. The number of rotatable bonds is 5. The first-order valence-electron chi connectivity index (χ1n) is 9.00. The van der Waals surface area contributed by atoms with Crippen LogP contribution in [0, 0.1) is 6.92 Å². The van der Waals surface area contributed by atoms with Gasteiger partial charge >= 0.3 is 0 Å². The lowest BCUT2D eigenvalue weighted by molar-refractivity contribution is 0.101. The molecule has 6 heteroatoms. The number of carbonyl (C=O) groups excluding carboxylic acids is 2. The first kappa shape index (κ1) is 18.4. The molecule has 0 radical (unpaired) electrons. The maximum Gasteiger partial charge on any atom is 0.255 e. The molecule has 0 saturated carbocycles. The quantitative estimate of drug-likeness (QED) is 0.506. The minimum absolute atomic E-state index is 0.205. The van der Waals surface area contributed by atoms with Crippen LogP contribution in [0.25, 0.3) is 11.0 Å². The van der Waals surface area contributed by atoms with Crippen molar-refractivity contribution in [2.24, 2.45) is 0 Å². The zero-order valence-electron chi connectivity index (χ0n) is 15.9. The van der Waals surface area contributed by atoms with Crippen molar-refractivity contribution in [1.82, 2.24) is 4.98 Å². The van der Waals surface area contributed by atoms with E-state index in [2.05, 4.69) is 10.3 Å². The highest BCUT2D eigenvalue weighted by Gasteiger charge is 2.20. The molecule has 144 valence electrons. The number of amides is 1. The van der Waals surface area contributed by atoms with Gasteiger partial charge in [-0.05, 0) is 61.5 Å². The van der Waals surface area contributed by atoms with E-state index in [0.717, 1.165) is 10.9 Å². The van der Waals surface area contributed by atoms with Gasteiger partial charge in [-0.25, -0.2) is 0 Å². The molecule has 1 N–H and O–H groups in total. The average molecular weight is 386 g/mol. The highest BCUT2D eigenvalue weighted by molar-refractivity contribution is 6.11. The van der Waals surface area contributed by atoms with Crippen molar-refractivity contribution in [2.75, 3.05) is 12.4 Å². The van der Waals surface area contributed by atoms with Gasteiger partial charge in [0.25, 0.3) is 5.91 Å². The van der Waals surface area contributed by atoms with Crippen LogP contribution in [0.1, 0.15) is 32.0 Å². The monoisotopic (exact) mass is 386 g/mol. The molecule has 0 unspecified atom stereocenters. The first-order chi connectivity index (χ1) is 14.1. The molecule has 0 aliphatic rings. The van der Waals surface area contributed by atoms with Gasteiger partial charge in [0, 0.05) is 40.2 Å². The molecule has 0 spiro atoms. The maximum atomic E-state index is 12.9. The minimum atomic E-state index is -0.234. The molecule has 0 aliphatic carbocycles. The fourth-order valence-electron chi connectivity index (χ4n) is 3.10. The summed E-state index contributed by atoms with van der Waals surface area (Å²) in [5.74, 6) is 0.520. The van der Waals surface area contributed by atoms with Crippen LogP contribution in [0.2, 0.25) is 0 Å². The zero-order chi connectivity index (χ0) is 20.4. The van der Waals surface area contributed by atoms with Crippen LogP contribution >= 0.6 is 0 Å². The Bertz CT molecular complexity index is 1200. The van der Waals surface area contributed by atoms with E-state index in [9.17, 15) is 9.59 Å². The van der Waals surface area contributed by atoms with Crippen LogP contribution in [0.4, 0.5) is 5.69 Å². The summed E-state index contributed by atoms with van der Waals surface area (Å²) in [6, 6.07) is 15.4. The van der Waals surface area contributed by atoms with E-state index in [1.54, 1.807) is 74.1 Å². The summed E-state index contributed by atoms with van der Waals surface area (Å²) in [4.78, 5) is 29.1. The van der Waals surface area contributed by atoms with Crippen LogP contribution in [0.3, 0.4) is 0 Å². The van der Waals surface area contributed by atoms with E-state index >= 15 is 0 Å². The highest BCUT2D eigenvalue weighted by Crippen LogP contribution is 2.30. The van der Waals surface area contributed by atoms with E-state index < -0.39 is 0 Å². The zero-order valence-corrected chi connectivity index (χ0v) is 15.9. The van der Waals surface area contributed by atoms with E-state index in [4.69, 9.17) is 9.15 Å². The van der Waals surface area contributed by atoms with Crippen molar-refractivity contribution in [1.29, 1.82) is 0 Å². The summed E-state index contributed by atoms with van der Waals surface area (Å²) >= 11 is 0. The summed E-state index contributed by atoms with van der Waals surface area (Å²) in [5.41, 5.74) is 2.95. The highest BCUT2D eigenvalue weighted by atomic mass is 16.5. The molecule has 29 heavy (non-hydrogen) atoms. The number of aromatic nitrogens is 1. The Labute approximate surface area is 167 Å². The molecule has 0 atom stereocenters. The van der Waals surface area contributed by atoms with Gasteiger partial charge in [-0.3, -0.25) is 14.6 Å². The van der Waals surface area contributed by atoms with Gasteiger partial charge in [0.05, 0.1) is 7.11 Å². The van der Waals surface area contributed by atoms with E-state index in [1.807, 2.05) is 6.92 Å². The molecule has 4 rings (SSSR count). The second kappa shape index (κ2) is 7.59. The number of methoxy groups -OCH3 is 1. The number of nitrogens with one attached hydrogen (secondary N) is 1. The second-order valence-corrected chi connectivity index (χ2v) is 6.51. The third-order valence-corrected chi connectivity index (χ3v) is 4.69. The van der Waals surface area contributed by atoms with Crippen molar-refractivity contribution < 1.29 is 18.7 Å². The van der Waals surface area contributed by atoms with Gasteiger partial charge in [-0.1, -0.05) is 0 Å². The molecule has 4 aromatic rings. The van der Waals surface area contributed by atoms with Crippen molar-refractivity contribution in [3.05, 3.63) is 89.4 Å². The molecular weight excluding hydrogens is 368 g/mol. The molecular formula is C23H18N2O4. The number of furan rings is 1. The van der Waals surface area contributed by atoms with Crippen molar-refractivity contribution >= 4 is 28.3 Å². The van der Waals surface area contributed by atoms with Crippen LogP contribution in [0.15, 0.2) is 71.4 Å². The minimum Gasteiger partial charge on any atom is -0.497 e. The fraction of sp³-hybridized carbons (Fsp3) is 0.0870. The molecule has 0 bridgehead atoms. The van der Waals surface area contributed by atoms with Gasteiger partial charge in [-0.15, -0.1) is 0 Å². The summed E-state index contributed by atoms with van der Waals surface area (Å²) in [7, 11) is 1.57. The average Bonchev–Trinajstić information content (AvgIpc) is 3.10. The van der Waals surface area contributed by atoms with Crippen LogP contribution < -0.4 is 10.1 Å². The lowest BCUT2D eigenvalue weighted by Crippen LogP contribution is -2.11. The Morgan fingerprint density at radius 3 is 2.38 bits per heavy atom. The molecule has 0 aliphatic heterocycles. The number of pyridine rings is 1. The Morgan fingerprint density at radius 1 is 0.966 bits per heavy atom. The van der Waals surface area contributed by atoms with Crippen LogP contribution in [0.5, 0.6) is 5.75 Å². The van der Waals surface area contributed by atoms with Gasteiger partial charge in [0.2, 0.25) is 5.78 Å². The number of benzene rings is 2. The summed E-state index contributed by atoms with van der Waals surface area (Å²) in [6.45, 7) is 1.83. The van der Waals surface area contributed by atoms with Crippen LogP contribution in [-0.2, 0) is 0 Å². The number of ether oxygens (including phenoxy) is 1. The third-order valence-electron chi connectivity index (χ3n) is 4.69. The maximum absolute atomic E-state index is 12.9. The normalized spacial score (nSPS) is 10.7. The summed E-state index contributed by atoms with van der Waals surface area (Å²) < 4.78 is 10.9. The molecule has 1 amide bonds. The van der Waals surface area contributed by atoms with Gasteiger partial charge in [0.1, 0.15) is 11.3 Å². The molecule has 2 aromatic heterocycles. The fourth-order valence-corrected chi connectivity index (χ4v) is 3.10. The predicted molar refractivity (Wildman–Crippen MR) is 110 cm³/mol. The Morgan fingerprint density at radius 2 is 1.69 bits per heavy atom. The third kappa shape index (κ3) is 3.60. The largest absolute Gasteiger partial charge is 0.497 e. The Balaban J connectivity index is 1.63. The number of nitrogens with zero attached hydrogens (tertiary/aromatic N) is 1. The van der Waals surface area contributed by atoms with E-state index in [-0.39, 0.29) is 17.5 Å². The lowest BCUT2D eigenvalue weighted by atomic mass is 10.0. The number of aryl methyl sites for hydroxylation is 1. The SMILES string of the molecule is COc1ccc(C(=O)c2oc3ccc(NC(=O)c4ccncc4)cc3c2C)cc1. The van der Waals surface area contributed by atoms with Gasteiger partial charge in [0.15, 0.2) is 5.76 Å². The van der Waals surface area contributed by atoms with Gasteiger partial charge in [-0.2, -0.15) is 0 Å². The number of ketones is 1. The molecule has 6 nitrogen and oxygen atoms in total. The lowest BCUT2D eigenvalue weighted by Gasteiger charge is -2.05. The first-order valence-corrected chi connectivity index (χ1v) is 9.00. The van der Waals surface area contributed by atoms with E-state index in [0.29, 0.717) is 28.1 Å². The van der Waals surface area contributed by atoms with E-state index in [1.165, 1.54) is 0 Å². The van der Waals surface area contributed by atoms with Crippen molar-refractivity contribution in [3.8, 4) is 5.75 Å². The number of hydrogen-bond acceptors (Lipinski definition) is 5. The standard InChI is InChI=1S/C23H18N2O4/c1-14-19-13-17(25-23(27)16-9-11-24-12-10-16)5-8-20(19)29-22(14)21(26)15-3-6-18(28-2)7-4-15/h3-13H,1-2H3,(H,25,27). The number of fused-ring (bicyclic) bond motifs is 1. The number of carbonyl (C=O) groups is 2. The predicted octanol–water partition coefficient (Wildman–Crippen LogP) is 4.63. The topological polar surface area (TPSA) is 81.4 Å². The Hall–Kier alpha value is -3.93. The summed E-state index contributed by atoms with van der Waals surface area (Å²) in [6.07, 6.45) is 3.13. The molecule has 0 fully saturated rings. The number of anilines is 1.